The number of imidazole rings is 2. The molecule has 0 aliphatic rings. The molecular formula is C27H22BiN4OS+. The summed E-state index contributed by atoms with van der Waals surface area (Å²) in [5, 5.41) is 2.53. The number of thiophene rings is 1. The van der Waals surface area contributed by atoms with Gasteiger partial charge in [0.05, 0.1) is 0 Å². The van der Waals surface area contributed by atoms with Crippen molar-refractivity contribution in [1.82, 2.24) is 14.0 Å². The van der Waals surface area contributed by atoms with Gasteiger partial charge in [0.1, 0.15) is 0 Å². The Balaban J connectivity index is 1.79. The molecular weight excluding hydrogens is 637 g/mol. The Bertz CT molecular complexity index is 1950. The average molecular weight is 660 g/mol. The molecule has 7 rings (SSSR count). The SMILES string of the molecule is COc1ccc2c(c1C)n(-c1c3c(cc[n+]1C)sc1ccccc13)c1nc3[c]([BiH2])cccc3n21. The van der Waals surface area contributed by atoms with Gasteiger partial charge in [-0.15, -0.1) is 0 Å². The van der Waals surface area contributed by atoms with Gasteiger partial charge < -0.3 is 0 Å². The summed E-state index contributed by atoms with van der Waals surface area (Å²) in [7, 11) is 3.87. The second-order valence-corrected chi connectivity index (χ2v) is 12.1. The summed E-state index contributed by atoms with van der Waals surface area (Å²) in [5.41, 5.74) is 5.65. The molecule has 5 nitrogen and oxygen atoms in total. The summed E-state index contributed by atoms with van der Waals surface area (Å²) in [6.45, 7) is 2.14. The molecule has 0 amide bonds. The second-order valence-electron chi connectivity index (χ2n) is 8.65. The van der Waals surface area contributed by atoms with Crippen molar-refractivity contribution >= 4 is 87.3 Å². The molecule has 0 saturated carbocycles. The molecule has 0 spiro atoms. The molecule has 0 saturated heterocycles. The summed E-state index contributed by atoms with van der Waals surface area (Å²) in [6.07, 6.45) is 2.16. The van der Waals surface area contributed by atoms with Crippen LogP contribution in [0.3, 0.4) is 0 Å². The Labute approximate surface area is 214 Å². The molecule has 34 heavy (non-hydrogen) atoms. The van der Waals surface area contributed by atoms with Gasteiger partial charge in [0.15, 0.2) is 0 Å². The first-order chi connectivity index (χ1) is 16.6. The van der Waals surface area contributed by atoms with Gasteiger partial charge in [0.25, 0.3) is 0 Å². The van der Waals surface area contributed by atoms with Gasteiger partial charge in [-0.1, -0.05) is 0 Å². The van der Waals surface area contributed by atoms with Gasteiger partial charge >= 0.3 is 216 Å². The molecule has 4 aromatic heterocycles. The van der Waals surface area contributed by atoms with Crippen LogP contribution < -0.4 is 12.6 Å². The Morgan fingerprint density at radius 3 is 2.68 bits per heavy atom. The van der Waals surface area contributed by atoms with E-state index >= 15 is 0 Å². The molecule has 0 bridgehead atoms. The van der Waals surface area contributed by atoms with Gasteiger partial charge in [-0.25, -0.2) is 0 Å². The van der Waals surface area contributed by atoms with Gasteiger partial charge in [0.2, 0.25) is 0 Å². The average Bonchev–Trinajstić information content (AvgIpc) is 3.50. The van der Waals surface area contributed by atoms with E-state index in [0.717, 1.165) is 69.7 Å². The van der Waals surface area contributed by atoms with E-state index in [1.807, 2.05) is 11.3 Å². The summed E-state index contributed by atoms with van der Waals surface area (Å²) < 4.78 is 16.6. The number of fused-ring (bicyclic) bond motifs is 8. The summed E-state index contributed by atoms with van der Waals surface area (Å²) in [5.74, 6) is 2.95. The zero-order chi connectivity index (χ0) is 23.1. The van der Waals surface area contributed by atoms with Crippen LogP contribution in [0.4, 0.5) is 0 Å². The molecule has 166 valence electrons. The Morgan fingerprint density at radius 1 is 0.971 bits per heavy atom. The van der Waals surface area contributed by atoms with Crippen molar-refractivity contribution in [2.45, 2.75) is 6.92 Å². The Kier molecular flexibility index (Phi) is 4.34. The number of rotatable bonds is 2. The predicted molar refractivity (Wildman–Crippen MR) is 143 cm³/mol. The van der Waals surface area contributed by atoms with E-state index in [0.29, 0.717) is 0 Å². The number of benzene rings is 3. The summed E-state index contributed by atoms with van der Waals surface area (Å²) in [6, 6.07) is 21.7. The molecule has 0 atom stereocenters. The Hall–Kier alpha value is -3.02. The fourth-order valence-corrected chi connectivity index (χ4v) is 7.61. The van der Waals surface area contributed by atoms with E-state index in [-0.39, 0.29) is 0 Å². The minimum absolute atomic E-state index is 0.718. The summed E-state index contributed by atoms with van der Waals surface area (Å²) in [4.78, 5) is 5.25. The third-order valence-electron chi connectivity index (χ3n) is 6.78. The molecule has 0 unspecified atom stereocenters. The maximum absolute atomic E-state index is 5.75. The normalized spacial score (nSPS) is 12.1. The second kappa shape index (κ2) is 7.24. The minimum atomic E-state index is 0.718. The quantitative estimate of drug-likeness (QED) is 0.206. The van der Waals surface area contributed by atoms with Crippen molar-refractivity contribution < 1.29 is 9.30 Å². The zero-order valence-corrected chi connectivity index (χ0v) is 24.3. The van der Waals surface area contributed by atoms with Crippen LogP contribution in [0.1, 0.15) is 5.56 Å². The van der Waals surface area contributed by atoms with Crippen LogP contribution in [0.25, 0.3) is 53.8 Å². The number of nitrogens with zero attached hydrogens (tertiary/aromatic N) is 4. The number of ether oxygens (including phenoxy) is 1. The van der Waals surface area contributed by atoms with Gasteiger partial charge in [-0.05, 0) is 0 Å². The molecule has 7 heteroatoms. The molecule has 0 N–H and O–H groups in total. The number of aromatic nitrogens is 4. The van der Waals surface area contributed by atoms with E-state index in [1.54, 1.807) is 7.11 Å². The van der Waals surface area contributed by atoms with E-state index < -0.39 is 0 Å². The fraction of sp³-hybridized carbons (Fsp3) is 0.111. The first-order valence-electron chi connectivity index (χ1n) is 11.1. The number of pyridine rings is 1. The first kappa shape index (κ1) is 20.4. The van der Waals surface area contributed by atoms with Crippen LogP contribution in [0, 0.1) is 6.92 Å². The van der Waals surface area contributed by atoms with E-state index in [2.05, 4.69) is 94.4 Å². The number of hydrogen-bond donors (Lipinski definition) is 0. The van der Waals surface area contributed by atoms with Crippen molar-refractivity contribution in [3.8, 4) is 11.6 Å². The standard InChI is InChI=1S/C27H20N4OS.Bi.2H/c1-16-21(32-3)13-12-20-25(16)31(27-28-18-9-5-6-10-19(18)30(20)27)26-24-17-8-4-7-11-22(17)33-23(24)14-15-29(26)2;;;/h4-8,10-15H,1-3H3;;;/q+1;;;. The third kappa shape index (κ3) is 2.57. The number of para-hydroxylation sites is 1. The Morgan fingerprint density at radius 2 is 1.82 bits per heavy atom. The van der Waals surface area contributed by atoms with Gasteiger partial charge in [-0.3, -0.25) is 0 Å². The van der Waals surface area contributed by atoms with Crippen molar-refractivity contribution in [3.05, 3.63) is 72.4 Å². The zero-order valence-electron chi connectivity index (χ0n) is 19.0. The molecule has 0 aliphatic carbocycles. The van der Waals surface area contributed by atoms with Crippen molar-refractivity contribution in [2.24, 2.45) is 7.05 Å². The fourth-order valence-electron chi connectivity index (χ4n) is 5.26. The van der Waals surface area contributed by atoms with Crippen LogP contribution >= 0.6 is 11.3 Å². The molecule has 0 radical (unpaired) electrons. The van der Waals surface area contributed by atoms with Gasteiger partial charge in [-0.2, -0.15) is 0 Å². The van der Waals surface area contributed by atoms with E-state index in [1.165, 1.54) is 23.4 Å². The monoisotopic (exact) mass is 659 g/mol. The number of aryl methyl sites for hydroxylation is 2. The molecule has 0 aliphatic heterocycles. The number of hydrogen-bond acceptors (Lipinski definition) is 3. The van der Waals surface area contributed by atoms with Crippen LogP contribution in [-0.2, 0) is 7.05 Å². The molecule has 7 aromatic rings. The van der Waals surface area contributed by atoms with Crippen LogP contribution in [0.15, 0.2) is 66.9 Å². The van der Waals surface area contributed by atoms with E-state index in [9.17, 15) is 0 Å². The van der Waals surface area contributed by atoms with Crippen LogP contribution in [-0.4, -0.2) is 45.8 Å². The third-order valence-corrected chi connectivity index (χ3v) is 9.73. The number of methoxy groups -OCH3 is 1. The first-order valence-corrected chi connectivity index (χ1v) is 14.2. The van der Waals surface area contributed by atoms with Crippen LogP contribution in [0.2, 0.25) is 0 Å². The van der Waals surface area contributed by atoms with E-state index in [4.69, 9.17) is 9.72 Å². The van der Waals surface area contributed by atoms with Crippen molar-refractivity contribution in [2.75, 3.05) is 7.11 Å². The predicted octanol–water partition coefficient (Wildman–Crippen LogP) is 4.20. The molecule has 3 aromatic carbocycles. The maximum atomic E-state index is 5.75. The van der Waals surface area contributed by atoms with Crippen molar-refractivity contribution in [3.63, 3.8) is 0 Å². The summed E-state index contributed by atoms with van der Waals surface area (Å²) >= 11 is 2.56. The molecule has 0 fully saturated rings. The van der Waals surface area contributed by atoms with Crippen molar-refractivity contribution in [1.29, 1.82) is 0 Å². The molecule has 4 heterocycles. The topological polar surface area (TPSA) is 35.3 Å². The van der Waals surface area contributed by atoms with Gasteiger partial charge in [0, 0.05) is 0 Å². The van der Waals surface area contributed by atoms with Crippen LogP contribution in [0.5, 0.6) is 5.75 Å².